The Morgan fingerprint density at radius 3 is 1.85 bits per heavy atom. The molecule has 250 valence electrons. The molecular weight excluding hydrogens is 653 g/mol. The van der Waals surface area contributed by atoms with E-state index in [2.05, 4.69) is 80.6 Å². The number of oxazole rings is 1. The van der Waals surface area contributed by atoms with Gasteiger partial charge < -0.3 is 8.83 Å². The van der Waals surface area contributed by atoms with E-state index < -0.39 is 0 Å². The Bertz CT molecular complexity index is 3090. The quantitative estimate of drug-likeness (QED) is 0.184. The molecule has 6 heteroatoms. The Labute approximate surface area is 304 Å². The zero-order valence-corrected chi connectivity index (χ0v) is 29.0. The summed E-state index contributed by atoms with van der Waals surface area (Å²) in [6.07, 6.45) is 0. The van der Waals surface area contributed by atoms with Crippen LogP contribution in [0, 0.1) is 0 Å². The van der Waals surface area contributed by atoms with Gasteiger partial charge in [-0.15, -0.1) is 0 Å². The molecule has 10 aromatic rings. The summed E-state index contributed by atoms with van der Waals surface area (Å²) in [4.78, 5) is 20.2. The van der Waals surface area contributed by atoms with Crippen LogP contribution in [-0.4, -0.2) is 19.9 Å². The lowest BCUT2D eigenvalue weighted by Gasteiger charge is -2.21. The van der Waals surface area contributed by atoms with Gasteiger partial charge in [0.05, 0.1) is 5.39 Å². The zero-order chi connectivity index (χ0) is 35.3. The molecule has 0 spiro atoms. The zero-order valence-electron chi connectivity index (χ0n) is 29.0. The van der Waals surface area contributed by atoms with Crippen molar-refractivity contribution >= 4 is 43.8 Å². The van der Waals surface area contributed by atoms with Crippen molar-refractivity contribution in [3.63, 3.8) is 0 Å². The maximum atomic E-state index is 6.49. The molecule has 0 amide bonds. The second kappa shape index (κ2) is 11.0. The average Bonchev–Trinajstić information content (AvgIpc) is 3.89. The first kappa shape index (κ1) is 29.8. The van der Waals surface area contributed by atoms with Crippen molar-refractivity contribution in [2.75, 3.05) is 0 Å². The first-order valence-electron chi connectivity index (χ1n) is 17.8. The summed E-state index contributed by atoms with van der Waals surface area (Å²) >= 11 is 0. The van der Waals surface area contributed by atoms with E-state index in [1.54, 1.807) is 0 Å². The second-order valence-corrected chi connectivity index (χ2v) is 14.3. The van der Waals surface area contributed by atoms with Crippen LogP contribution in [0.1, 0.15) is 25.0 Å². The number of furan rings is 1. The van der Waals surface area contributed by atoms with E-state index in [9.17, 15) is 0 Å². The highest BCUT2D eigenvalue weighted by molar-refractivity contribution is 6.25. The van der Waals surface area contributed by atoms with Crippen LogP contribution < -0.4 is 0 Å². The number of rotatable bonds is 4. The van der Waals surface area contributed by atoms with Gasteiger partial charge in [0.1, 0.15) is 16.7 Å². The summed E-state index contributed by atoms with van der Waals surface area (Å²) < 4.78 is 12.9. The molecule has 0 saturated heterocycles. The number of hydrogen-bond acceptors (Lipinski definition) is 6. The van der Waals surface area contributed by atoms with E-state index in [-0.39, 0.29) is 5.41 Å². The minimum Gasteiger partial charge on any atom is -0.456 e. The summed E-state index contributed by atoms with van der Waals surface area (Å²) in [5.41, 5.74) is 11.7. The van der Waals surface area contributed by atoms with Crippen LogP contribution in [0.3, 0.4) is 0 Å². The highest BCUT2D eigenvalue weighted by atomic mass is 16.4. The normalized spacial score (nSPS) is 13.2. The molecule has 1 aliphatic rings. The van der Waals surface area contributed by atoms with Crippen LogP contribution >= 0.6 is 0 Å². The SMILES string of the molecule is CC1(C)c2ccccc2-c2ccc(-c3nc(-c4ccccc4)nc(-c4ccc5ccc6oc7ccc8nc(-c9ccccc9)oc8c7c6c5c4)n3)cc21. The van der Waals surface area contributed by atoms with Crippen LogP contribution in [0.25, 0.3) is 101 Å². The Morgan fingerprint density at radius 2 is 1.06 bits per heavy atom. The van der Waals surface area contributed by atoms with Gasteiger partial charge in [-0.05, 0) is 75.5 Å². The highest BCUT2D eigenvalue weighted by Gasteiger charge is 2.35. The lowest BCUT2D eigenvalue weighted by atomic mass is 9.82. The molecule has 6 nitrogen and oxygen atoms in total. The Kier molecular flexibility index (Phi) is 6.20. The number of fused-ring (bicyclic) bond motifs is 10. The molecule has 0 radical (unpaired) electrons. The molecule has 0 atom stereocenters. The number of nitrogens with zero attached hydrogens (tertiary/aromatic N) is 4. The molecule has 11 rings (SSSR count). The van der Waals surface area contributed by atoms with Gasteiger partial charge in [-0.1, -0.05) is 117 Å². The van der Waals surface area contributed by atoms with Gasteiger partial charge in [0.15, 0.2) is 23.1 Å². The molecule has 0 unspecified atom stereocenters. The first-order valence-corrected chi connectivity index (χ1v) is 17.8. The molecule has 0 bridgehead atoms. The van der Waals surface area contributed by atoms with Crippen molar-refractivity contribution in [3.8, 4) is 56.7 Å². The first-order chi connectivity index (χ1) is 26.0. The van der Waals surface area contributed by atoms with Crippen molar-refractivity contribution in [3.05, 3.63) is 157 Å². The predicted octanol–water partition coefficient (Wildman–Crippen LogP) is 12.0. The van der Waals surface area contributed by atoms with Crippen LogP contribution in [0.15, 0.2) is 154 Å². The van der Waals surface area contributed by atoms with E-state index in [0.717, 1.165) is 60.5 Å². The van der Waals surface area contributed by atoms with Crippen molar-refractivity contribution in [1.82, 2.24) is 19.9 Å². The monoisotopic (exact) mass is 682 g/mol. The number of benzene rings is 7. The molecule has 0 saturated carbocycles. The summed E-state index contributed by atoms with van der Waals surface area (Å²) in [5.74, 6) is 2.43. The molecular formula is C47H30N4O2. The van der Waals surface area contributed by atoms with E-state index in [1.165, 1.54) is 22.3 Å². The van der Waals surface area contributed by atoms with Crippen molar-refractivity contribution in [2.45, 2.75) is 19.3 Å². The van der Waals surface area contributed by atoms with Gasteiger partial charge in [-0.3, -0.25) is 0 Å². The lowest BCUT2D eigenvalue weighted by molar-refractivity contribution is 0.622. The third kappa shape index (κ3) is 4.52. The van der Waals surface area contributed by atoms with Crippen LogP contribution in [0.2, 0.25) is 0 Å². The molecule has 0 fully saturated rings. The van der Waals surface area contributed by atoms with E-state index in [0.29, 0.717) is 28.9 Å². The predicted molar refractivity (Wildman–Crippen MR) is 211 cm³/mol. The largest absolute Gasteiger partial charge is 0.456 e. The Hall–Kier alpha value is -6.92. The molecule has 7 aromatic carbocycles. The average molecular weight is 683 g/mol. The van der Waals surface area contributed by atoms with Crippen LogP contribution in [0.4, 0.5) is 0 Å². The summed E-state index contributed by atoms with van der Waals surface area (Å²) in [5, 5.41) is 3.96. The second-order valence-electron chi connectivity index (χ2n) is 14.3. The minimum atomic E-state index is -0.145. The fourth-order valence-corrected chi connectivity index (χ4v) is 8.09. The third-order valence-electron chi connectivity index (χ3n) is 10.8. The maximum Gasteiger partial charge on any atom is 0.227 e. The van der Waals surface area contributed by atoms with Gasteiger partial charge in [0, 0.05) is 33.1 Å². The van der Waals surface area contributed by atoms with Crippen molar-refractivity contribution < 1.29 is 8.83 Å². The van der Waals surface area contributed by atoms with E-state index in [1.807, 2.05) is 78.9 Å². The maximum absolute atomic E-state index is 6.49. The van der Waals surface area contributed by atoms with Crippen LogP contribution in [-0.2, 0) is 5.41 Å². The van der Waals surface area contributed by atoms with Gasteiger partial charge in [0.2, 0.25) is 5.89 Å². The standard InChI is InChI=1S/C47H30N4O2/c1-47(2)35-16-10-9-15-32(35)33-21-19-31(26-36(33)47)45-50-43(28-11-5-3-6-12-28)49-44(51-45)30-18-17-27-20-23-38-40(34(27)25-30)41-39(52-38)24-22-37-42(41)53-46(48-37)29-13-7-4-8-14-29/h3-26H,1-2H3. The number of aromatic nitrogens is 4. The molecule has 0 aliphatic heterocycles. The van der Waals surface area contributed by atoms with Gasteiger partial charge in [-0.25, -0.2) is 19.9 Å². The molecule has 3 aromatic heterocycles. The summed E-state index contributed by atoms with van der Waals surface area (Å²) in [6, 6.07) is 49.8. The van der Waals surface area contributed by atoms with Gasteiger partial charge in [-0.2, -0.15) is 0 Å². The Balaban J connectivity index is 1.11. The third-order valence-corrected chi connectivity index (χ3v) is 10.8. The van der Waals surface area contributed by atoms with E-state index >= 15 is 0 Å². The number of hydrogen-bond donors (Lipinski definition) is 0. The van der Waals surface area contributed by atoms with Crippen molar-refractivity contribution in [1.29, 1.82) is 0 Å². The van der Waals surface area contributed by atoms with Crippen molar-refractivity contribution in [2.24, 2.45) is 0 Å². The molecule has 0 N–H and O–H groups in total. The van der Waals surface area contributed by atoms with E-state index in [4.69, 9.17) is 28.8 Å². The van der Waals surface area contributed by atoms with Gasteiger partial charge in [0.25, 0.3) is 0 Å². The summed E-state index contributed by atoms with van der Waals surface area (Å²) in [7, 11) is 0. The van der Waals surface area contributed by atoms with Gasteiger partial charge >= 0.3 is 0 Å². The lowest BCUT2D eigenvalue weighted by Crippen LogP contribution is -2.15. The molecule has 53 heavy (non-hydrogen) atoms. The fraction of sp³-hybridized carbons (Fsp3) is 0.0638. The van der Waals surface area contributed by atoms with Crippen LogP contribution in [0.5, 0.6) is 0 Å². The highest BCUT2D eigenvalue weighted by Crippen LogP contribution is 2.49. The smallest absolute Gasteiger partial charge is 0.227 e. The topological polar surface area (TPSA) is 77.8 Å². The molecule has 3 heterocycles. The summed E-state index contributed by atoms with van der Waals surface area (Å²) in [6.45, 7) is 4.58. The Morgan fingerprint density at radius 1 is 0.453 bits per heavy atom. The molecule has 1 aliphatic carbocycles. The minimum absolute atomic E-state index is 0.145. The fourth-order valence-electron chi connectivity index (χ4n) is 8.09.